The SMILES string of the molecule is O=C(O)COCC(=O)Nc1cccc2cn[nH]c12. The number of aromatic amines is 1. The number of benzene rings is 1. The molecule has 2 aromatic rings. The third-order valence-electron chi connectivity index (χ3n) is 2.21. The molecule has 1 aromatic carbocycles. The number of para-hydroxylation sites is 1. The largest absolute Gasteiger partial charge is 0.480 e. The lowest BCUT2D eigenvalue weighted by Crippen LogP contribution is -2.20. The summed E-state index contributed by atoms with van der Waals surface area (Å²) in [4.78, 5) is 21.7. The molecule has 0 unspecified atom stereocenters. The van der Waals surface area contributed by atoms with E-state index in [0.717, 1.165) is 5.39 Å². The van der Waals surface area contributed by atoms with E-state index in [2.05, 4.69) is 20.3 Å². The highest BCUT2D eigenvalue weighted by molar-refractivity contribution is 6.00. The average Bonchev–Trinajstić information content (AvgIpc) is 2.77. The monoisotopic (exact) mass is 249 g/mol. The molecule has 0 spiro atoms. The molecule has 0 aliphatic rings. The molecular weight excluding hydrogens is 238 g/mol. The topological polar surface area (TPSA) is 104 Å². The molecule has 0 saturated carbocycles. The van der Waals surface area contributed by atoms with Crippen molar-refractivity contribution in [3.8, 4) is 0 Å². The Morgan fingerprint density at radius 1 is 1.39 bits per heavy atom. The van der Waals surface area contributed by atoms with Crippen LogP contribution in [0.1, 0.15) is 0 Å². The van der Waals surface area contributed by atoms with Gasteiger partial charge >= 0.3 is 5.97 Å². The highest BCUT2D eigenvalue weighted by Crippen LogP contribution is 2.20. The number of nitrogens with one attached hydrogen (secondary N) is 2. The van der Waals surface area contributed by atoms with E-state index in [4.69, 9.17) is 5.11 Å². The minimum absolute atomic E-state index is 0.309. The molecule has 3 N–H and O–H groups in total. The summed E-state index contributed by atoms with van der Waals surface area (Å²) in [5.41, 5.74) is 1.29. The summed E-state index contributed by atoms with van der Waals surface area (Å²) >= 11 is 0. The van der Waals surface area contributed by atoms with Gasteiger partial charge in [0.1, 0.15) is 13.2 Å². The van der Waals surface area contributed by atoms with Crippen LogP contribution in [-0.2, 0) is 14.3 Å². The molecule has 0 saturated heterocycles. The van der Waals surface area contributed by atoms with Crippen LogP contribution < -0.4 is 5.32 Å². The quantitative estimate of drug-likeness (QED) is 0.719. The van der Waals surface area contributed by atoms with Gasteiger partial charge in [0.25, 0.3) is 0 Å². The van der Waals surface area contributed by atoms with Crippen LogP contribution in [0.4, 0.5) is 5.69 Å². The number of carbonyl (C=O) groups excluding carboxylic acids is 1. The lowest BCUT2D eigenvalue weighted by atomic mass is 10.2. The number of ether oxygens (including phenoxy) is 1. The van der Waals surface area contributed by atoms with Gasteiger partial charge < -0.3 is 15.2 Å². The first-order valence-electron chi connectivity index (χ1n) is 5.18. The number of rotatable bonds is 5. The zero-order valence-electron chi connectivity index (χ0n) is 9.34. The molecule has 18 heavy (non-hydrogen) atoms. The number of fused-ring (bicyclic) bond motifs is 1. The second kappa shape index (κ2) is 5.28. The van der Waals surface area contributed by atoms with Gasteiger partial charge in [-0.25, -0.2) is 4.79 Å². The zero-order chi connectivity index (χ0) is 13.0. The number of carboxylic acids is 1. The molecule has 0 bridgehead atoms. The lowest BCUT2D eigenvalue weighted by molar-refractivity contribution is -0.143. The van der Waals surface area contributed by atoms with E-state index in [1.807, 2.05) is 6.07 Å². The van der Waals surface area contributed by atoms with Crippen LogP contribution in [0.3, 0.4) is 0 Å². The Bertz CT molecular complexity index is 578. The maximum absolute atomic E-state index is 11.5. The molecule has 0 radical (unpaired) electrons. The van der Waals surface area contributed by atoms with Crippen LogP contribution in [-0.4, -0.2) is 40.4 Å². The van der Waals surface area contributed by atoms with Crippen LogP contribution in [0.25, 0.3) is 10.9 Å². The summed E-state index contributed by atoms with van der Waals surface area (Å²) < 4.78 is 4.69. The molecule has 2 rings (SSSR count). The number of aliphatic carboxylic acids is 1. The highest BCUT2D eigenvalue weighted by Gasteiger charge is 2.07. The van der Waals surface area contributed by atoms with Crippen molar-refractivity contribution in [3.05, 3.63) is 24.4 Å². The number of hydrogen-bond donors (Lipinski definition) is 3. The van der Waals surface area contributed by atoms with Gasteiger partial charge in [-0.1, -0.05) is 12.1 Å². The van der Waals surface area contributed by atoms with E-state index in [1.165, 1.54) is 0 Å². The van der Waals surface area contributed by atoms with Crippen molar-refractivity contribution >= 4 is 28.5 Å². The van der Waals surface area contributed by atoms with Crippen molar-refractivity contribution in [2.45, 2.75) is 0 Å². The number of carboxylic acid groups (broad SMARTS) is 1. The van der Waals surface area contributed by atoms with Gasteiger partial charge in [-0.15, -0.1) is 0 Å². The van der Waals surface area contributed by atoms with Crippen LogP contribution in [0, 0.1) is 0 Å². The molecule has 0 fully saturated rings. The maximum atomic E-state index is 11.5. The van der Waals surface area contributed by atoms with Gasteiger partial charge in [-0.2, -0.15) is 5.10 Å². The number of H-pyrrole nitrogens is 1. The van der Waals surface area contributed by atoms with E-state index in [0.29, 0.717) is 11.2 Å². The fourth-order valence-corrected chi connectivity index (χ4v) is 1.49. The first kappa shape index (κ1) is 12.1. The molecule has 1 heterocycles. The number of amides is 1. The molecular formula is C11H11N3O4. The Kier molecular flexibility index (Phi) is 3.54. The first-order valence-corrected chi connectivity index (χ1v) is 5.18. The van der Waals surface area contributed by atoms with Crippen molar-refractivity contribution in [1.82, 2.24) is 10.2 Å². The summed E-state index contributed by atoms with van der Waals surface area (Å²) in [7, 11) is 0. The Hall–Kier alpha value is -2.41. The highest BCUT2D eigenvalue weighted by atomic mass is 16.5. The van der Waals surface area contributed by atoms with Crippen LogP contribution in [0.5, 0.6) is 0 Å². The fourth-order valence-electron chi connectivity index (χ4n) is 1.49. The predicted molar refractivity (Wildman–Crippen MR) is 63.2 cm³/mol. The first-order chi connectivity index (χ1) is 8.66. The molecule has 7 heteroatoms. The minimum atomic E-state index is -1.11. The standard InChI is InChI=1S/C11H11N3O4/c15-9(5-18-6-10(16)17)13-8-3-1-2-7-4-12-14-11(7)8/h1-4H,5-6H2,(H,12,14)(H,13,15)(H,16,17). The van der Waals surface area contributed by atoms with Gasteiger partial charge in [0.05, 0.1) is 17.4 Å². The summed E-state index contributed by atoms with van der Waals surface area (Å²) in [6, 6.07) is 5.36. The van der Waals surface area contributed by atoms with Crippen molar-refractivity contribution < 1.29 is 19.4 Å². The molecule has 7 nitrogen and oxygen atoms in total. The number of aromatic nitrogens is 2. The van der Waals surface area contributed by atoms with Gasteiger partial charge in [-0.05, 0) is 6.07 Å². The second-order valence-electron chi connectivity index (χ2n) is 3.57. The molecule has 94 valence electrons. The zero-order valence-corrected chi connectivity index (χ0v) is 9.34. The molecule has 0 atom stereocenters. The number of nitrogens with zero attached hydrogens (tertiary/aromatic N) is 1. The smallest absolute Gasteiger partial charge is 0.329 e. The number of anilines is 1. The van der Waals surface area contributed by atoms with Crippen molar-refractivity contribution in [3.63, 3.8) is 0 Å². The lowest BCUT2D eigenvalue weighted by Gasteiger charge is -2.05. The van der Waals surface area contributed by atoms with Gasteiger partial charge in [0, 0.05) is 5.39 Å². The number of carbonyl (C=O) groups is 2. The van der Waals surface area contributed by atoms with E-state index >= 15 is 0 Å². The summed E-state index contributed by atoms with van der Waals surface area (Å²) in [6.07, 6.45) is 1.64. The minimum Gasteiger partial charge on any atom is -0.480 e. The van der Waals surface area contributed by atoms with E-state index in [-0.39, 0.29) is 6.61 Å². The second-order valence-corrected chi connectivity index (χ2v) is 3.57. The van der Waals surface area contributed by atoms with Gasteiger partial charge in [-0.3, -0.25) is 9.89 Å². The van der Waals surface area contributed by atoms with Crippen molar-refractivity contribution in [1.29, 1.82) is 0 Å². The molecule has 0 aliphatic heterocycles. The molecule has 1 aromatic heterocycles. The Balaban J connectivity index is 1.98. The summed E-state index contributed by atoms with van der Waals surface area (Å²) in [6.45, 7) is -0.807. The molecule has 1 amide bonds. The molecule has 0 aliphatic carbocycles. The van der Waals surface area contributed by atoms with Gasteiger partial charge in [0.2, 0.25) is 5.91 Å². The van der Waals surface area contributed by atoms with E-state index in [9.17, 15) is 9.59 Å². The fraction of sp³-hybridized carbons (Fsp3) is 0.182. The Labute approximate surface area is 102 Å². The van der Waals surface area contributed by atoms with Crippen LogP contribution >= 0.6 is 0 Å². The average molecular weight is 249 g/mol. The van der Waals surface area contributed by atoms with Gasteiger partial charge in [0.15, 0.2) is 0 Å². The maximum Gasteiger partial charge on any atom is 0.329 e. The summed E-state index contributed by atoms with van der Waals surface area (Å²) in [5, 5.41) is 18.5. The number of hydrogen-bond acceptors (Lipinski definition) is 4. The summed E-state index contributed by atoms with van der Waals surface area (Å²) in [5.74, 6) is -1.53. The van der Waals surface area contributed by atoms with E-state index < -0.39 is 18.5 Å². The van der Waals surface area contributed by atoms with Crippen molar-refractivity contribution in [2.24, 2.45) is 0 Å². The van der Waals surface area contributed by atoms with E-state index in [1.54, 1.807) is 18.3 Å². The van der Waals surface area contributed by atoms with Crippen LogP contribution in [0.2, 0.25) is 0 Å². The Morgan fingerprint density at radius 2 is 2.22 bits per heavy atom. The Morgan fingerprint density at radius 3 is 3.00 bits per heavy atom. The van der Waals surface area contributed by atoms with Crippen molar-refractivity contribution in [2.75, 3.05) is 18.5 Å². The predicted octanol–water partition coefficient (Wildman–Crippen LogP) is 0.603. The normalized spacial score (nSPS) is 10.4. The van der Waals surface area contributed by atoms with Crippen LogP contribution in [0.15, 0.2) is 24.4 Å². The third kappa shape index (κ3) is 2.83. The third-order valence-corrected chi connectivity index (χ3v) is 2.21.